The highest BCUT2D eigenvalue weighted by molar-refractivity contribution is 9.10. The standard InChI is InChI=1S/C14H12BrClN4O/c1-8-17-12(19-21-8)7-20(2)13-4-3-9-5-10(15)6-11(16)14(9)18-13/h3-6H,7H2,1-2H3. The summed E-state index contributed by atoms with van der Waals surface area (Å²) in [5.74, 6) is 1.98. The van der Waals surface area contributed by atoms with E-state index in [2.05, 4.69) is 31.1 Å². The Hall–Kier alpha value is -1.66. The molecule has 7 heteroatoms. The zero-order chi connectivity index (χ0) is 15.0. The number of anilines is 1. The van der Waals surface area contributed by atoms with Crippen molar-refractivity contribution in [1.82, 2.24) is 15.1 Å². The van der Waals surface area contributed by atoms with E-state index in [-0.39, 0.29) is 0 Å². The van der Waals surface area contributed by atoms with E-state index >= 15 is 0 Å². The second-order valence-electron chi connectivity index (χ2n) is 4.71. The van der Waals surface area contributed by atoms with Crippen LogP contribution in [0.25, 0.3) is 10.9 Å². The predicted molar refractivity (Wildman–Crippen MR) is 85.6 cm³/mol. The summed E-state index contributed by atoms with van der Waals surface area (Å²) in [5.41, 5.74) is 0.772. The Balaban J connectivity index is 1.93. The van der Waals surface area contributed by atoms with Crippen LogP contribution in [0.2, 0.25) is 5.02 Å². The lowest BCUT2D eigenvalue weighted by Crippen LogP contribution is -2.18. The number of nitrogens with zero attached hydrogens (tertiary/aromatic N) is 4. The van der Waals surface area contributed by atoms with E-state index in [9.17, 15) is 0 Å². The Bertz CT molecular complexity index is 805. The SMILES string of the molecule is Cc1nc(CN(C)c2ccc3cc(Br)cc(Cl)c3n2)no1. The summed E-state index contributed by atoms with van der Waals surface area (Å²) in [5, 5.41) is 5.49. The van der Waals surface area contributed by atoms with Gasteiger partial charge in [-0.15, -0.1) is 0 Å². The van der Waals surface area contributed by atoms with Gasteiger partial charge < -0.3 is 9.42 Å². The van der Waals surface area contributed by atoms with Gasteiger partial charge in [0, 0.05) is 23.8 Å². The summed E-state index contributed by atoms with van der Waals surface area (Å²) in [6, 6.07) is 7.76. The van der Waals surface area contributed by atoms with Gasteiger partial charge in [0.2, 0.25) is 5.89 Å². The predicted octanol–water partition coefficient (Wildman–Crippen LogP) is 3.98. The Morgan fingerprint density at radius 3 is 2.81 bits per heavy atom. The third kappa shape index (κ3) is 3.01. The number of hydrogen-bond donors (Lipinski definition) is 0. The molecule has 0 radical (unpaired) electrons. The Kier molecular flexibility index (Phi) is 3.82. The average molecular weight is 368 g/mol. The molecule has 3 rings (SSSR count). The Morgan fingerprint density at radius 2 is 2.10 bits per heavy atom. The van der Waals surface area contributed by atoms with Crippen LogP contribution in [-0.4, -0.2) is 22.2 Å². The van der Waals surface area contributed by atoms with Crippen molar-refractivity contribution in [3.8, 4) is 0 Å². The molecular formula is C14H12BrClN4O. The van der Waals surface area contributed by atoms with Gasteiger partial charge in [-0.2, -0.15) is 4.98 Å². The van der Waals surface area contributed by atoms with Crippen LogP contribution in [0.1, 0.15) is 11.7 Å². The maximum atomic E-state index is 6.25. The molecule has 2 aromatic heterocycles. The quantitative estimate of drug-likeness (QED) is 0.701. The average Bonchev–Trinajstić information content (AvgIpc) is 2.83. The van der Waals surface area contributed by atoms with E-state index in [1.807, 2.05) is 36.2 Å². The van der Waals surface area contributed by atoms with Crippen LogP contribution in [0.5, 0.6) is 0 Å². The van der Waals surface area contributed by atoms with E-state index in [4.69, 9.17) is 16.1 Å². The summed E-state index contributed by atoms with van der Waals surface area (Å²) in [4.78, 5) is 10.7. The summed E-state index contributed by atoms with van der Waals surface area (Å²) in [7, 11) is 1.92. The molecular weight excluding hydrogens is 356 g/mol. The van der Waals surface area contributed by atoms with Gasteiger partial charge in [-0.25, -0.2) is 4.98 Å². The van der Waals surface area contributed by atoms with E-state index < -0.39 is 0 Å². The summed E-state index contributed by atoms with van der Waals surface area (Å²) in [6.45, 7) is 2.28. The van der Waals surface area contributed by atoms with Gasteiger partial charge in [0.25, 0.3) is 0 Å². The molecule has 0 spiro atoms. The fourth-order valence-electron chi connectivity index (χ4n) is 2.06. The monoisotopic (exact) mass is 366 g/mol. The Morgan fingerprint density at radius 1 is 1.29 bits per heavy atom. The van der Waals surface area contributed by atoms with E-state index in [1.165, 1.54) is 0 Å². The minimum Gasteiger partial charge on any atom is -0.352 e. The normalized spacial score (nSPS) is 11.0. The lowest BCUT2D eigenvalue weighted by Gasteiger charge is -2.16. The third-order valence-electron chi connectivity index (χ3n) is 3.04. The van der Waals surface area contributed by atoms with Crippen LogP contribution in [0.4, 0.5) is 5.82 Å². The highest BCUT2D eigenvalue weighted by atomic mass is 79.9. The van der Waals surface area contributed by atoms with Crippen molar-refractivity contribution < 1.29 is 4.52 Å². The van der Waals surface area contributed by atoms with Crippen molar-refractivity contribution in [2.75, 3.05) is 11.9 Å². The number of aromatic nitrogens is 3. The van der Waals surface area contributed by atoms with Crippen LogP contribution >= 0.6 is 27.5 Å². The number of fused-ring (bicyclic) bond motifs is 1. The van der Waals surface area contributed by atoms with Gasteiger partial charge in [-0.05, 0) is 24.3 Å². The minimum absolute atomic E-state index is 0.518. The third-order valence-corrected chi connectivity index (χ3v) is 3.78. The van der Waals surface area contributed by atoms with E-state index in [0.717, 1.165) is 21.2 Å². The molecule has 0 N–H and O–H groups in total. The van der Waals surface area contributed by atoms with Crippen molar-refractivity contribution in [2.24, 2.45) is 0 Å². The largest absolute Gasteiger partial charge is 0.352 e. The first kappa shape index (κ1) is 14.3. The number of rotatable bonds is 3. The molecule has 21 heavy (non-hydrogen) atoms. The molecule has 0 aliphatic rings. The molecule has 0 unspecified atom stereocenters. The van der Waals surface area contributed by atoms with Crippen molar-refractivity contribution in [3.63, 3.8) is 0 Å². The van der Waals surface area contributed by atoms with Crippen LogP contribution < -0.4 is 4.90 Å². The first-order valence-corrected chi connectivity index (χ1v) is 7.46. The fraction of sp³-hybridized carbons (Fsp3) is 0.214. The molecule has 0 bridgehead atoms. The second-order valence-corrected chi connectivity index (χ2v) is 6.04. The molecule has 5 nitrogen and oxygen atoms in total. The summed E-state index contributed by atoms with van der Waals surface area (Å²) >= 11 is 9.68. The molecule has 108 valence electrons. The zero-order valence-electron chi connectivity index (χ0n) is 11.5. The maximum absolute atomic E-state index is 6.25. The number of hydrogen-bond acceptors (Lipinski definition) is 5. The molecule has 0 amide bonds. The van der Waals surface area contributed by atoms with Crippen LogP contribution in [-0.2, 0) is 6.54 Å². The number of pyridine rings is 1. The lowest BCUT2D eigenvalue weighted by molar-refractivity contribution is 0.387. The van der Waals surface area contributed by atoms with Crippen molar-refractivity contribution in [3.05, 3.63) is 45.5 Å². The van der Waals surface area contributed by atoms with Crippen molar-refractivity contribution in [2.45, 2.75) is 13.5 Å². The van der Waals surface area contributed by atoms with Crippen molar-refractivity contribution >= 4 is 44.3 Å². The van der Waals surface area contributed by atoms with Gasteiger partial charge >= 0.3 is 0 Å². The van der Waals surface area contributed by atoms with Crippen LogP contribution in [0, 0.1) is 6.92 Å². The molecule has 0 fully saturated rings. The van der Waals surface area contributed by atoms with Gasteiger partial charge in [0.05, 0.1) is 17.1 Å². The van der Waals surface area contributed by atoms with Gasteiger partial charge in [-0.1, -0.05) is 32.7 Å². The maximum Gasteiger partial charge on any atom is 0.223 e. The molecule has 0 saturated carbocycles. The molecule has 0 saturated heterocycles. The fourth-order valence-corrected chi connectivity index (χ4v) is 2.93. The first-order chi connectivity index (χ1) is 10.0. The summed E-state index contributed by atoms with van der Waals surface area (Å²) < 4.78 is 5.90. The highest BCUT2D eigenvalue weighted by Gasteiger charge is 2.10. The Labute approximate surface area is 135 Å². The topological polar surface area (TPSA) is 55.1 Å². The molecule has 0 aliphatic heterocycles. The first-order valence-electron chi connectivity index (χ1n) is 6.29. The molecule has 2 heterocycles. The van der Waals surface area contributed by atoms with E-state index in [1.54, 1.807) is 6.92 Å². The molecule has 0 atom stereocenters. The molecule has 3 aromatic rings. The smallest absolute Gasteiger partial charge is 0.223 e. The summed E-state index contributed by atoms with van der Waals surface area (Å²) in [6.07, 6.45) is 0. The van der Waals surface area contributed by atoms with E-state index in [0.29, 0.717) is 23.3 Å². The molecule has 1 aromatic carbocycles. The number of halogens is 2. The lowest BCUT2D eigenvalue weighted by atomic mass is 10.2. The van der Waals surface area contributed by atoms with Crippen LogP contribution in [0.15, 0.2) is 33.3 Å². The minimum atomic E-state index is 0.518. The number of benzene rings is 1. The van der Waals surface area contributed by atoms with Crippen molar-refractivity contribution in [1.29, 1.82) is 0 Å². The highest BCUT2D eigenvalue weighted by Crippen LogP contribution is 2.28. The van der Waals surface area contributed by atoms with Gasteiger partial charge in [0.1, 0.15) is 5.82 Å². The van der Waals surface area contributed by atoms with Gasteiger partial charge in [-0.3, -0.25) is 0 Å². The van der Waals surface area contributed by atoms with Crippen LogP contribution in [0.3, 0.4) is 0 Å². The zero-order valence-corrected chi connectivity index (χ0v) is 13.8. The second kappa shape index (κ2) is 5.61. The number of aryl methyl sites for hydroxylation is 1. The van der Waals surface area contributed by atoms with Gasteiger partial charge in [0.15, 0.2) is 5.82 Å². The molecule has 0 aliphatic carbocycles.